The second-order valence-corrected chi connectivity index (χ2v) is 10.3. The van der Waals surface area contributed by atoms with Crippen molar-refractivity contribution in [1.82, 2.24) is 10.2 Å². The molecule has 0 bridgehead atoms. The van der Waals surface area contributed by atoms with Crippen LogP contribution in [0.1, 0.15) is 75.2 Å². The molecular weight excluding hydrogens is 396 g/mol. The molecule has 1 aromatic rings. The number of carbonyl (C=O) groups is 3. The first kappa shape index (κ1) is 21.7. The van der Waals surface area contributed by atoms with E-state index < -0.39 is 23.3 Å². The van der Waals surface area contributed by atoms with Gasteiger partial charge in [0.25, 0.3) is 0 Å². The summed E-state index contributed by atoms with van der Waals surface area (Å²) >= 11 is 0. The zero-order valence-electron chi connectivity index (χ0n) is 18.8. The average molecular weight is 429 g/mol. The predicted molar refractivity (Wildman–Crippen MR) is 114 cm³/mol. The fourth-order valence-corrected chi connectivity index (χ4v) is 4.51. The summed E-state index contributed by atoms with van der Waals surface area (Å²) in [6.45, 7) is 6.06. The van der Waals surface area contributed by atoms with Gasteiger partial charge in [0.05, 0.1) is 18.2 Å². The first-order chi connectivity index (χ1) is 14.6. The van der Waals surface area contributed by atoms with Crippen LogP contribution in [0.3, 0.4) is 0 Å². The summed E-state index contributed by atoms with van der Waals surface area (Å²) in [5.74, 6) is -0.503. The van der Waals surface area contributed by atoms with Gasteiger partial charge in [-0.25, -0.2) is 9.59 Å². The average Bonchev–Trinajstić information content (AvgIpc) is 3.65. The molecule has 7 heteroatoms. The highest BCUT2D eigenvalue weighted by Crippen LogP contribution is 2.55. The highest BCUT2D eigenvalue weighted by atomic mass is 16.6. The van der Waals surface area contributed by atoms with Crippen LogP contribution in [-0.4, -0.2) is 48.2 Å². The molecule has 0 radical (unpaired) electrons. The van der Waals surface area contributed by atoms with E-state index in [4.69, 9.17) is 9.47 Å². The van der Waals surface area contributed by atoms with E-state index in [0.29, 0.717) is 18.5 Å². The fraction of sp³-hybridized carbons (Fsp3) is 0.625. The van der Waals surface area contributed by atoms with Gasteiger partial charge in [0.1, 0.15) is 11.6 Å². The molecule has 0 aromatic heterocycles. The number of methoxy groups -OCH3 is 1. The summed E-state index contributed by atoms with van der Waals surface area (Å²) in [6, 6.07) is 6.67. The first-order valence-electron chi connectivity index (χ1n) is 11.1. The highest BCUT2D eigenvalue weighted by molar-refractivity contribution is 5.89. The maximum atomic E-state index is 13.4. The smallest absolute Gasteiger partial charge is 0.410 e. The van der Waals surface area contributed by atoms with E-state index in [-0.39, 0.29) is 17.3 Å². The number of likely N-dealkylation sites (tertiary alicyclic amines) is 1. The summed E-state index contributed by atoms with van der Waals surface area (Å²) in [6.07, 6.45) is 5.11. The number of benzene rings is 1. The van der Waals surface area contributed by atoms with Gasteiger partial charge in [-0.05, 0) is 82.4 Å². The molecule has 1 spiro atoms. The van der Waals surface area contributed by atoms with E-state index in [9.17, 15) is 14.4 Å². The minimum Gasteiger partial charge on any atom is -0.465 e. The van der Waals surface area contributed by atoms with Gasteiger partial charge in [0.2, 0.25) is 5.91 Å². The van der Waals surface area contributed by atoms with Crippen LogP contribution in [0.25, 0.3) is 0 Å². The number of nitrogens with zero attached hydrogens (tertiary/aromatic N) is 1. The standard InChI is InChI=1S/C24H32N2O5/c1-22(2,3)31-21(29)26-14-13-23(9-10-23)15-18(26)19(27)25-24(11-12-24)17-7-5-16(6-8-17)20(28)30-4/h5-8,18H,9-15H2,1-4H3,(H,25,27). The Kier molecular flexibility index (Phi) is 5.26. The molecule has 2 saturated carbocycles. The van der Waals surface area contributed by atoms with Crippen molar-refractivity contribution in [2.75, 3.05) is 13.7 Å². The van der Waals surface area contributed by atoms with Gasteiger partial charge < -0.3 is 14.8 Å². The quantitative estimate of drug-likeness (QED) is 0.738. The second kappa shape index (κ2) is 7.53. The number of esters is 1. The molecule has 1 N–H and O–H groups in total. The molecule has 168 valence electrons. The molecule has 2 aliphatic carbocycles. The number of piperidine rings is 1. The number of rotatable bonds is 4. The third-order valence-electron chi connectivity index (χ3n) is 6.74. The zero-order chi connectivity index (χ0) is 22.4. The maximum Gasteiger partial charge on any atom is 0.410 e. The van der Waals surface area contributed by atoms with Crippen molar-refractivity contribution in [3.8, 4) is 0 Å². The van der Waals surface area contributed by atoms with Crippen molar-refractivity contribution in [3.05, 3.63) is 35.4 Å². The monoisotopic (exact) mass is 428 g/mol. The number of carbonyl (C=O) groups excluding carboxylic acids is 3. The van der Waals surface area contributed by atoms with Crippen molar-refractivity contribution in [2.24, 2.45) is 5.41 Å². The van der Waals surface area contributed by atoms with Crippen LogP contribution in [0.15, 0.2) is 24.3 Å². The number of hydrogen-bond donors (Lipinski definition) is 1. The number of nitrogens with one attached hydrogen (secondary N) is 1. The van der Waals surface area contributed by atoms with Gasteiger partial charge in [-0.15, -0.1) is 0 Å². The molecule has 1 unspecified atom stereocenters. The highest BCUT2D eigenvalue weighted by Gasteiger charge is 2.53. The van der Waals surface area contributed by atoms with Crippen LogP contribution in [0.5, 0.6) is 0 Å². The van der Waals surface area contributed by atoms with Crippen LogP contribution in [0.4, 0.5) is 4.79 Å². The minimum atomic E-state index is -0.605. The topological polar surface area (TPSA) is 84.9 Å². The van der Waals surface area contributed by atoms with Gasteiger partial charge in [-0.3, -0.25) is 9.69 Å². The van der Waals surface area contributed by atoms with Crippen molar-refractivity contribution >= 4 is 18.0 Å². The molecule has 3 aliphatic rings. The number of amides is 2. The fourth-order valence-electron chi connectivity index (χ4n) is 4.51. The molecular formula is C24H32N2O5. The second-order valence-electron chi connectivity index (χ2n) is 10.3. The number of hydrogen-bond acceptors (Lipinski definition) is 5. The van der Waals surface area contributed by atoms with Gasteiger partial charge in [0.15, 0.2) is 0 Å². The molecule has 1 aromatic carbocycles. The molecule has 1 atom stereocenters. The maximum absolute atomic E-state index is 13.4. The lowest BCUT2D eigenvalue weighted by Gasteiger charge is -2.40. The molecule has 2 amide bonds. The third kappa shape index (κ3) is 4.55. The molecule has 7 nitrogen and oxygen atoms in total. The van der Waals surface area contributed by atoms with Crippen molar-refractivity contribution < 1.29 is 23.9 Å². The van der Waals surface area contributed by atoms with E-state index in [1.54, 1.807) is 17.0 Å². The molecule has 1 heterocycles. The molecule has 4 rings (SSSR count). The lowest BCUT2D eigenvalue weighted by atomic mass is 9.87. The Bertz CT molecular complexity index is 878. The minimum absolute atomic E-state index is 0.119. The van der Waals surface area contributed by atoms with E-state index in [1.807, 2.05) is 32.9 Å². The van der Waals surface area contributed by atoms with Crippen LogP contribution < -0.4 is 5.32 Å². The van der Waals surface area contributed by atoms with E-state index >= 15 is 0 Å². The largest absolute Gasteiger partial charge is 0.465 e. The molecule has 31 heavy (non-hydrogen) atoms. The van der Waals surface area contributed by atoms with E-state index in [1.165, 1.54) is 7.11 Å². The Hall–Kier alpha value is -2.57. The predicted octanol–water partition coefficient (Wildman–Crippen LogP) is 3.76. The molecule has 1 aliphatic heterocycles. The van der Waals surface area contributed by atoms with E-state index in [2.05, 4.69) is 5.32 Å². The van der Waals surface area contributed by atoms with Crippen LogP contribution in [0.2, 0.25) is 0 Å². The van der Waals surface area contributed by atoms with Gasteiger partial charge in [0, 0.05) is 6.54 Å². The Morgan fingerprint density at radius 1 is 1.03 bits per heavy atom. The van der Waals surface area contributed by atoms with Crippen molar-refractivity contribution in [1.29, 1.82) is 0 Å². The van der Waals surface area contributed by atoms with E-state index in [0.717, 1.165) is 37.7 Å². The van der Waals surface area contributed by atoms with Crippen LogP contribution in [0, 0.1) is 5.41 Å². The molecule has 1 saturated heterocycles. The first-order valence-corrected chi connectivity index (χ1v) is 11.1. The lowest BCUT2D eigenvalue weighted by molar-refractivity contribution is -0.129. The lowest BCUT2D eigenvalue weighted by Crippen LogP contribution is -2.56. The van der Waals surface area contributed by atoms with Gasteiger partial charge in [-0.2, -0.15) is 0 Å². The summed E-state index contributed by atoms with van der Waals surface area (Å²) in [5.41, 5.74) is 0.617. The Balaban J connectivity index is 1.49. The third-order valence-corrected chi connectivity index (χ3v) is 6.74. The SMILES string of the molecule is COC(=O)c1ccc(C2(NC(=O)C3CC4(CCN3C(=O)OC(C)(C)C)CC4)CC2)cc1. The van der Waals surface area contributed by atoms with Crippen molar-refractivity contribution in [2.45, 2.75) is 76.5 Å². The van der Waals surface area contributed by atoms with Crippen LogP contribution >= 0.6 is 0 Å². The van der Waals surface area contributed by atoms with Gasteiger partial charge >= 0.3 is 12.1 Å². The van der Waals surface area contributed by atoms with Gasteiger partial charge in [-0.1, -0.05) is 12.1 Å². The number of ether oxygens (including phenoxy) is 2. The Labute approximate surface area is 183 Å². The Morgan fingerprint density at radius 3 is 2.19 bits per heavy atom. The molecule has 3 fully saturated rings. The summed E-state index contributed by atoms with van der Waals surface area (Å²) in [5, 5.41) is 3.22. The van der Waals surface area contributed by atoms with Crippen molar-refractivity contribution in [3.63, 3.8) is 0 Å². The zero-order valence-corrected chi connectivity index (χ0v) is 18.8. The summed E-state index contributed by atoms with van der Waals surface area (Å²) in [4.78, 5) is 39.5. The normalized spacial score (nSPS) is 23.1. The Morgan fingerprint density at radius 2 is 1.68 bits per heavy atom. The van der Waals surface area contributed by atoms with Crippen LogP contribution in [-0.2, 0) is 19.8 Å². The summed E-state index contributed by atoms with van der Waals surface area (Å²) < 4.78 is 10.3. The summed E-state index contributed by atoms with van der Waals surface area (Å²) in [7, 11) is 1.35.